The van der Waals surface area contributed by atoms with Gasteiger partial charge in [-0.2, -0.15) is 0 Å². The number of carboxylic acid groups (broad SMARTS) is 1. The Kier molecular flexibility index (Phi) is 5.40. The summed E-state index contributed by atoms with van der Waals surface area (Å²) in [5.41, 5.74) is 0.197. The van der Waals surface area contributed by atoms with Gasteiger partial charge in [0, 0.05) is 13.0 Å². The van der Waals surface area contributed by atoms with E-state index >= 15 is 0 Å². The van der Waals surface area contributed by atoms with Crippen LogP contribution < -0.4 is 10.6 Å². The van der Waals surface area contributed by atoms with E-state index in [0.29, 0.717) is 6.54 Å². The fourth-order valence-electron chi connectivity index (χ4n) is 1.26. The van der Waals surface area contributed by atoms with Crippen molar-refractivity contribution >= 4 is 40.8 Å². The summed E-state index contributed by atoms with van der Waals surface area (Å²) >= 11 is 11.8. The standard InChI is InChI=1S/C11H12Cl2N2O3/c1-14-3-2-9(16)15-10-7(12)4-6(11(17)18)5-8(10)13/h4-5,14H,2-3H2,1H3,(H,15,16)(H,17,18). The SMILES string of the molecule is CNCCC(=O)Nc1c(Cl)cc(C(=O)O)cc1Cl. The van der Waals surface area contributed by atoms with Crippen molar-refractivity contribution in [2.75, 3.05) is 18.9 Å². The number of carboxylic acids is 1. The topological polar surface area (TPSA) is 78.4 Å². The van der Waals surface area contributed by atoms with Crippen LogP contribution in [0, 0.1) is 0 Å². The first-order chi connectivity index (χ1) is 8.45. The molecule has 0 aliphatic rings. The van der Waals surface area contributed by atoms with Crippen LogP contribution in [0.4, 0.5) is 5.69 Å². The Morgan fingerprint density at radius 2 is 1.83 bits per heavy atom. The zero-order valence-electron chi connectivity index (χ0n) is 9.59. The van der Waals surface area contributed by atoms with Crippen LogP contribution in [0.2, 0.25) is 10.0 Å². The maximum atomic E-state index is 11.5. The number of carbonyl (C=O) groups excluding carboxylic acids is 1. The fraction of sp³-hybridized carbons (Fsp3) is 0.273. The van der Waals surface area contributed by atoms with E-state index in [1.807, 2.05) is 0 Å². The van der Waals surface area contributed by atoms with Gasteiger partial charge in [-0.05, 0) is 19.2 Å². The van der Waals surface area contributed by atoms with Crippen molar-refractivity contribution in [3.8, 4) is 0 Å². The average molecular weight is 291 g/mol. The second kappa shape index (κ2) is 6.58. The first kappa shape index (κ1) is 14.8. The summed E-state index contributed by atoms with van der Waals surface area (Å²) < 4.78 is 0. The normalized spacial score (nSPS) is 10.2. The maximum absolute atomic E-state index is 11.5. The van der Waals surface area contributed by atoms with Crippen molar-refractivity contribution in [3.05, 3.63) is 27.7 Å². The second-order valence-electron chi connectivity index (χ2n) is 3.52. The van der Waals surface area contributed by atoms with Crippen molar-refractivity contribution < 1.29 is 14.7 Å². The highest BCUT2D eigenvalue weighted by Crippen LogP contribution is 2.31. The molecule has 0 spiro atoms. The Morgan fingerprint density at radius 3 is 2.28 bits per heavy atom. The minimum absolute atomic E-state index is 0.0294. The van der Waals surface area contributed by atoms with E-state index in [1.54, 1.807) is 7.05 Å². The lowest BCUT2D eigenvalue weighted by atomic mass is 10.2. The molecule has 7 heteroatoms. The number of carbonyl (C=O) groups is 2. The van der Waals surface area contributed by atoms with Gasteiger partial charge in [-0.3, -0.25) is 4.79 Å². The van der Waals surface area contributed by atoms with Gasteiger partial charge in [0.05, 0.1) is 21.3 Å². The lowest BCUT2D eigenvalue weighted by Crippen LogP contribution is -2.19. The number of rotatable bonds is 5. The van der Waals surface area contributed by atoms with E-state index in [9.17, 15) is 9.59 Å². The Bertz CT molecular complexity index is 454. The Morgan fingerprint density at radius 1 is 1.28 bits per heavy atom. The first-order valence-corrected chi connectivity index (χ1v) is 5.88. The van der Waals surface area contributed by atoms with E-state index in [-0.39, 0.29) is 33.6 Å². The highest BCUT2D eigenvalue weighted by atomic mass is 35.5. The molecule has 0 unspecified atom stereocenters. The Balaban J connectivity index is 2.90. The molecule has 0 aliphatic heterocycles. The van der Waals surface area contributed by atoms with Crippen LogP contribution in [0.15, 0.2) is 12.1 Å². The Labute approximate surface area is 114 Å². The average Bonchev–Trinajstić information content (AvgIpc) is 2.30. The van der Waals surface area contributed by atoms with Crippen molar-refractivity contribution in [2.45, 2.75) is 6.42 Å². The van der Waals surface area contributed by atoms with Gasteiger partial charge in [0.15, 0.2) is 0 Å². The summed E-state index contributed by atoms with van der Waals surface area (Å²) in [4.78, 5) is 22.3. The van der Waals surface area contributed by atoms with E-state index in [4.69, 9.17) is 28.3 Å². The van der Waals surface area contributed by atoms with E-state index in [0.717, 1.165) is 0 Å². The van der Waals surface area contributed by atoms with Gasteiger partial charge >= 0.3 is 5.97 Å². The lowest BCUT2D eigenvalue weighted by molar-refractivity contribution is -0.116. The lowest BCUT2D eigenvalue weighted by Gasteiger charge is -2.10. The number of nitrogens with one attached hydrogen (secondary N) is 2. The molecule has 0 atom stereocenters. The van der Waals surface area contributed by atoms with Gasteiger partial charge in [-0.25, -0.2) is 4.79 Å². The summed E-state index contributed by atoms with van der Waals surface area (Å²) in [5.74, 6) is -1.39. The molecule has 1 aromatic carbocycles. The largest absolute Gasteiger partial charge is 0.478 e. The summed E-state index contributed by atoms with van der Waals surface area (Å²) in [6, 6.07) is 2.48. The second-order valence-corrected chi connectivity index (χ2v) is 4.34. The number of aromatic carboxylic acids is 1. The monoisotopic (exact) mass is 290 g/mol. The van der Waals surface area contributed by atoms with Gasteiger partial charge in [-0.1, -0.05) is 23.2 Å². The molecule has 18 heavy (non-hydrogen) atoms. The maximum Gasteiger partial charge on any atom is 0.335 e. The summed E-state index contributed by atoms with van der Waals surface area (Å²) in [6.07, 6.45) is 0.268. The number of amides is 1. The van der Waals surface area contributed by atoms with Crippen LogP contribution in [-0.4, -0.2) is 30.6 Å². The predicted octanol–water partition coefficient (Wildman–Crippen LogP) is 2.24. The van der Waals surface area contributed by atoms with Gasteiger partial charge in [-0.15, -0.1) is 0 Å². The fourth-order valence-corrected chi connectivity index (χ4v) is 1.84. The summed E-state index contributed by atoms with van der Waals surface area (Å²) in [5, 5.41) is 14.4. The molecule has 0 saturated carbocycles. The van der Waals surface area contributed by atoms with Gasteiger partial charge in [0.2, 0.25) is 5.91 Å². The molecule has 1 rings (SSSR count). The van der Waals surface area contributed by atoms with Gasteiger partial charge < -0.3 is 15.7 Å². The molecule has 98 valence electrons. The highest BCUT2D eigenvalue weighted by molar-refractivity contribution is 6.40. The molecule has 0 radical (unpaired) electrons. The number of benzene rings is 1. The van der Waals surface area contributed by atoms with Crippen molar-refractivity contribution in [1.82, 2.24) is 5.32 Å². The highest BCUT2D eigenvalue weighted by Gasteiger charge is 2.14. The summed E-state index contributed by atoms with van der Waals surface area (Å²) in [7, 11) is 1.73. The molecule has 0 saturated heterocycles. The van der Waals surface area contributed by atoms with Crippen molar-refractivity contribution in [3.63, 3.8) is 0 Å². The van der Waals surface area contributed by atoms with E-state index in [2.05, 4.69) is 10.6 Å². The quantitative estimate of drug-likeness (QED) is 0.777. The van der Waals surface area contributed by atoms with Crippen LogP contribution in [-0.2, 0) is 4.79 Å². The number of hydrogen-bond donors (Lipinski definition) is 3. The summed E-state index contributed by atoms with van der Waals surface area (Å²) in [6.45, 7) is 0.522. The predicted molar refractivity (Wildman–Crippen MR) is 70.6 cm³/mol. The number of halogens is 2. The molecule has 0 aromatic heterocycles. The number of hydrogen-bond acceptors (Lipinski definition) is 3. The van der Waals surface area contributed by atoms with Crippen molar-refractivity contribution in [2.24, 2.45) is 0 Å². The molecule has 3 N–H and O–H groups in total. The van der Waals surface area contributed by atoms with Crippen LogP contribution in [0.3, 0.4) is 0 Å². The molecule has 5 nitrogen and oxygen atoms in total. The van der Waals surface area contributed by atoms with Crippen LogP contribution in [0.1, 0.15) is 16.8 Å². The molecular formula is C11H12Cl2N2O3. The molecular weight excluding hydrogens is 279 g/mol. The number of anilines is 1. The third-order valence-electron chi connectivity index (χ3n) is 2.16. The van der Waals surface area contributed by atoms with Crippen LogP contribution in [0.25, 0.3) is 0 Å². The molecule has 1 aromatic rings. The van der Waals surface area contributed by atoms with E-state index in [1.165, 1.54) is 12.1 Å². The third kappa shape index (κ3) is 3.87. The minimum atomic E-state index is -1.13. The molecule has 0 heterocycles. The molecule has 0 fully saturated rings. The first-order valence-electron chi connectivity index (χ1n) is 5.12. The molecule has 1 amide bonds. The zero-order chi connectivity index (χ0) is 13.7. The Hall–Kier alpha value is -1.30. The smallest absolute Gasteiger partial charge is 0.335 e. The molecule has 0 bridgehead atoms. The minimum Gasteiger partial charge on any atom is -0.478 e. The van der Waals surface area contributed by atoms with E-state index < -0.39 is 5.97 Å². The van der Waals surface area contributed by atoms with Gasteiger partial charge in [0.1, 0.15) is 0 Å². The molecule has 0 aliphatic carbocycles. The van der Waals surface area contributed by atoms with Gasteiger partial charge in [0.25, 0.3) is 0 Å². The zero-order valence-corrected chi connectivity index (χ0v) is 11.1. The van der Waals surface area contributed by atoms with Crippen LogP contribution in [0.5, 0.6) is 0 Å². The van der Waals surface area contributed by atoms with Crippen LogP contribution >= 0.6 is 23.2 Å². The van der Waals surface area contributed by atoms with Crippen molar-refractivity contribution in [1.29, 1.82) is 0 Å². The third-order valence-corrected chi connectivity index (χ3v) is 2.75.